The Hall–Kier alpha value is -1.82. The van der Waals surface area contributed by atoms with E-state index in [1.54, 1.807) is 4.90 Å². The number of nitrogens with zero attached hydrogens (tertiary/aromatic N) is 1. The van der Waals surface area contributed by atoms with Gasteiger partial charge in [-0.05, 0) is 44.2 Å². The van der Waals surface area contributed by atoms with Gasteiger partial charge < -0.3 is 14.4 Å². The topological polar surface area (TPSA) is 55.8 Å². The van der Waals surface area contributed by atoms with Crippen LogP contribution in [-0.2, 0) is 9.47 Å². The molecule has 1 amide bonds. The highest BCUT2D eigenvalue weighted by Crippen LogP contribution is 2.29. The average Bonchev–Trinajstić information content (AvgIpc) is 2.94. The van der Waals surface area contributed by atoms with Crippen molar-refractivity contribution >= 4 is 29.0 Å². The van der Waals surface area contributed by atoms with Crippen LogP contribution < -0.4 is 0 Å². The molecule has 0 atom stereocenters. The van der Waals surface area contributed by atoms with Crippen molar-refractivity contribution in [2.24, 2.45) is 0 Å². The van der Waals surface area contributed by atoms with Crippen molar-refractivity contribution < 1.29 is 19.1 Å². The second kappa shape index (κ2) is 6.52. The summed E-state index contributed by atoms with van der Waals surface area (Å²) < 4.78 is 10.2. The Morgan fingerprint density at radius 1 is 1.32 bits per heavy atom. The molecule has 2 heterocycles. The van der Waals surface area contributed by atoms with Crippen LogP contribution in [0.3, 0.4) is 0 Å². The Morgan fingerprint density at radius 3 is 2.59 bits per heavy atom. The van der Waals surface area contributed by atoms with Gasteiger partial charge in [0.05, 0.1) is 7.11 Å². The summed E-state index contributed by atoms with van der Waals surface area (Å²) >= 11 is 1.37. The summed E-state index contributed by atoms with van der Waals surface area (Å²) in [5, 5.41) is 1.88. The van der Waals surface area contributed by atoms with E-state index >= 15 is 0 Å². The summed E-state index contributed by atoms with van der Waals surface area (Å²) in [5.41, 5.74) is 1.48. The zero-order chi connectivity index (χ0) is 16.3. The first-order chi connectivity index (χ1) is 10.3. The zero-order valence-corrected chi connectivity index (χ0v) is 14.2. The van der Waals surface area contributed by atoms with E-state index < -0.39 is 5.60 Å². The molecule has 1 aliphatic rings. The molecule has 2 rings (SSSR count). The van der Waals surface area contributed by atoms with E-state index in [2.05, 4.69) is 0 Å². The quantitative estimate of drug-likeness (QED) is 0.781. The zero-order valence-electron chi connectivity index (χ0n) is 13.3. The average molecular weight is 323 g/mol. The van der Waals surface area contributed by atoms with Gasteiger partial charge in [0.15, 0.2) is 0 Å². The van der Waals surface area contributed by atoms with Crippen LogP contribution in [0, 0.1) is 0 Å². The van der Waals surface area contributed by atoms with Crippen molar-refractivity contribution in [1.29, 1.82) is 0 Å². The first-order valence-corrected chi connectivity index (χ1v) is 8.03. The van der Waals surface area contributed by atoms with Crippen molar-refractivity contribution in [1.82, 2.24) is 4.90 Å². The largest absolute Gasteiger partial charge is 0.465 e. The molecule has 0 unspecified atom stereocenters. The fourth-order valence-corrected chi connectivity index (χ4v) is 3.06. The highest BCUT2D eigenvalue weighted by Gasteiger charge is 2.25. The lowest BCUT2D eigenvalue weighted by Crippen LogP contribution is -2.39. The number of ether oxygens (including phenoxy) is 2. The molecule has 0 saturated heterocycles. The Balaban J connectivity index is 2.08. The lowest BCUT2D eigenvalue weighted by molar-refractivity contribution is 0.0270. The lowest BCUT2D eigenvalue weighted by atomic mass is 10.0. The molecule has 0 N–H and O–H groups in total. The van der Waals surface area contributed by atoms with Gasteiger partial charge in [0, 0.05) is 18.7 Å². The van der Waals surface area contributed by atoms with Gasteiger partial charge >= 0.3 is 12.1 Å². The van der Waals surface area contributed by atoms with Crippen LogP contribution in [0.5, 0.6) is 0 Å². The van der Waals surface area contributed by atoms with Crippen LogP contribution in [-0.4, -0.2) is 42.8 Å². The van der Waals surface area contributed by atoms with Crippen molar-refractivity contribution in [3.63, 3.8) is 0 Å². The van der Waals surface area contributed by atoms with E-state index in [9.17, 15) is 9.59 Å². The maximum Gasteiger partial charge on any atom is 0.410 e. The van der Waals surface area contributed by atoms with E-state index in [0.29, 0.717) is 24.4 Å². The Labute approximate surface area is 134 Å². The highest BCUT2D eigenvalue weighted by molar-refractivity contribution is 7.12. The van der Waals surface area contributed by atoms with E-state index in [1.807, 2.05) is 38.3 Å². The molecule has 0 radical (unpaired) electrons. The second-order valence-electron chi connectivity index (χ2n) is 6.06. The van der Waals surface area contributed by atoms with Gasteiger partial charge in [0.1, 0.15) is 10.5 Å². The summed E-state index contributed by atoms with van der Waals surface area (Å²) in [4.78, 5) is 26.1. The first-order valence-electron chi connectivity index (χ1n) is 7.15. The van der Waals surface area contributed by atoms with Crippen LogP contribution in [0.15, 0.2) is 17.5 Å². The monoisotopic (exact) mass is 323 g/mol. The molecular weight excluding hydrogens is 302 g/mol. The predicted molar refractivity (Wildman–Crippen MR) is 86.1 cm³/mol. The fraction of sp³-hybridized carbons (Fsp3) is 0.500. The fourth-order valence-electron chi connectivity index (χ4n) is 2.22. The number of carbonyl (C=O) groups excluding carboxylic acids is 2. The third kappa shape index (κ3) is 3.88. The highest BCUT2D eigenvalue weighted by atomic mass is 32.1. The summed E-state index contributed by atoms with van der Waals surface area (Å²) in [6, 6.07) is 1.92. The molecule has 5 nitrogen and oxygen atoms in total. The normalized spacial score (nSPS) is 15.3. The van der Waals surface area contributed by atoms with Crippen molar-refractivity contribution in [3.05, 3.63) is 28.0 Å². The molecule has 0 saturated carbocycles. The minimum Gasteiger partial charge on any atom is -0.465 e. The standard InChI is InChI=1S/C16H21NO4S/c1-16(2,3)21-15(19)17-8-5-11(6-9-17)12-7-10-22-13(12)14(18)20-4/h5,7,10H,6,8-9H2,1-4H3. The van der Waals surface area contributed by atoms with Gasteiger partial charge in [-0.25, -0.2) is 9.59 Å². The SMILES string of the molecule is COC(=O)c1sccc1C1=CCN(C(=O)OC(C)(C)C)CC1. The van der Waals surface area contributed by atoms with Gasteiger partial charge in [-0.2, -0.15) is 0 Å². The van der Waals surface area contributed by atoms with Gasteiger partial charge in [-0.3, -0.25) is 0 Å². The molecule has 22 heavy (non-hydrogen) atoms. The molecule has 0 spiro atoms. The van der Waals surface area contributed by atoms with E-state index in [-0.39, 0.29) is 12.1 Å². The molecule has 0 fully saturated rings. The van der Waals surface area contributed by atoms with Crippen LogP contribution in [0.2, 0.25) is 0 Å². The number of hydrogen-bond acceptors (Lipinski definition) is 5. The van der Waals surface area contributed by atoms with Crippen molar-refractivity contribution in [3.8, 4) is 0 Å². The maximum atomic E-state index is 12.0. The summed E-state index contributed by atoms with van der Waals surface area (Å²) in [5.74, 6) is -0.319. The molecule has 0 bridgehead atoms. The van der Waals surface area contributed by atoms with E-state index in [1.165, 1.54) is 18.4 Å². The smallest absolute Gasteiger partial charge is 0.410 e. The minimum absolute atomic E-state index is 0.304. The van der Waals surface area contributed by atoms with E-state index in [0.717, 1.165) is 11.1 Å². The van der Waals surface area contributed by atoms with Crippen molar-refractivity contribution in [2.45, 2.75) is 32.8 Å². The number of methoxy groups -OCH3 is 1. The number of thiophene rings is 1. The van der Waals surface area contributed by atoms with Gasteiger partial charge in [-0.15, -0.1) is 11.3 Å². The molecule has 0 aromatic carbocycles. The van der Waals surface area contributed by atoms with Crippen LogP contribution in [0.25, 0.3) is 5.57 Å². The van der Waals surface area contributed by atoms with Crippen LogP contribution >= 0.6 is 11.3 Å². The number of amides is 1. The maximum absolute atomic E-state index is 12.0. The first kappa shape index (κ1) is 16.5. The number of hydrogen-bond donors (Lipinski definition) is 0. The summed E-state index contributed by atoms with van der Waals surface area (Å²) in [6.07, 6.45) is 2.36. The molecule has 6 heteroatoms. The van der Waals surface area contributed by atoms with Crippen LogP contribution in [0.1, 0.15) is 42.4 Å². The second-order valence-corrected chi connectivity index (χ2v) is 6.98. The minimum atomic E-state index is -0.494. The Bertz CT molecular complexity index is 598. The Kier molecular flexibility index (Phi) is 4.90. The van der Waals surface area contributed by atoms with Gasteiger partial charge in [0.25, 0.3) is 0 Å². The van der Waals surface area contributed by atoms with Crippen LogP contribution in [0.4, 0.5) is 4.79 Å². The predicted octanol–water partition coefficient (Wildman–Crippen LogP) is 3.56. The number of carbonyl (C=O) groups is 2. The molecule has 1 aromatic rings. The van der Waals surface area contributed by atoms with Crippen molar-refractivity contribution in [2.75, 3.05) is 20.2 Å². The van der Waals surface area contributed by atoms with E-state index in [4.69, 9.17) is 9.47 Å². The third-order valence-corrected chi connectivity index (χ3v) is 4.14. The lowest BCUT2D eigenvalue weighted by Gasteiger charge is -2.29. The third-order valence-electron chi connectivity index (χ3n) is 3.24. The molecule has 120 valence electrons. The summed E-state index contributed by atoms with van der Waals surface area (Å²) in [6.45, 7) is 6.62. The molecule has 1 aromatic heterocycles. The molecule has 1 aliphatic heterocycles. The summed E-state index contributed by atoms with van der Waals surface area (Å²) in [7, 11) is 1.38. The van der Waals surface area contributed by atoms with Gasteiger partial charge in [0.2, 0.25) is 0 Å². The number of esters is 1. The molecular formula is C16H21NO4S. The molecule has 0 aliphatic carbocycles. The van der Waals surface area contributed by atoms with Gasteiger partial charge in [-0.1, -0.05) is 6.08 Å². The number of rotatable bonds is 2. The Morgan fingerprint density at radius 2 is 2.05 bits per heavy atom.